The van der Waals surface area contributed by atoms with E-state index in [1.54, 1.807) is 41.6 Å². The van der Waals surface area contributed by atoms with Crippen LogP contribution < -0.4 is 10.5 Å². The van der Waals surface area contributed by atoms with E-state index >= 15 is 0 Å². The standard InChI is InChI=1S/C26H21F3N4O2/c27-26(28,29)16-4-5-18-22(13-35-23(18)10-16)33(12-14-1-2-14)25(34)15-3-6-21-19(9-15)20-11-31-8-7-17(20)24(30)32-21/h3-11,14,22H,1-2,12-13H2,(H2,30,32)/t22-/m1/s1. The molecule has 35 heavy (non-hydrogen) atoms. The molecular weight excluding hydrogens is 457 g/mol. The van der Waals surface area contributed by atoms with Crippen LogP contribution in [0.5, 0.6) is 5.75 Å². The molecule has 4 aromatic rings. The molecule has 1 saturated carbocycles. The highest BCUT2D eigenvalue weighted by Crippen LogP contribution is 2.42. The average Bonchev–Trinajstić information content (AvgIpc) is 3.58. The van der Waals surface area contributed by atoms with E-state index in [2.05, 4.69) is 9.97 Å². The molecule has 2 aromatic heterocycles. The Bertz CT molecular complexity index is 1480. The number of nitrogens with two attached hydrogens (primary N) is 1. The summed E-state index contributed by atoms with van der Waals surface area (Å²) in [4.78, 5) is 24.2. The first-order valence-electron chi connectivity index (χ1n) is 11.4. The third-order valence-electron chi connectivity index (χ3n) is 6.76. The number of amides is 1. The van der Waals surface area contributed by atoms with Gasteiger partial charge in [0.15, 0.2) is 0 Å². The summed E-state index contributed by atoms with van der Waals surface area (Å²) >= 11 is 0. The Morgan fingerprint density at radius 3 is 2.69 bits per heavy atom. The summed E-state index contributed by atoms with van der Waals surface area (Å²) in [5, 5.41) is 2.32. The van der Waals surface area contributed by atoms with Crippen molar-refractivity contribution in [3.05, 3.63) is 71.5 Å². The molecule has 0 unspecified atom stereocenters. The molecule has 0 radical (unpaired) electrons. The summed E-state index contributed by atoms with van der Waals surface area (Å²) in [6.07, 6.45) is 0.925. The number of alkyl halides is 3. The minimum absolute atomic E-state index is 0.119. The maximum absolute atomic E-state index is 13.8. The zero-order valence-electron chi connectivity index (χ0n) is 18.5. The lowest BCUT2D eigenvalue weighted by molar-refractivity contribution is -0.137. The number of pyridine rings is 2. The Kier molecular flexibility index (Phi) is 4.84. The molecule has 2 aromatic carbocycles. The van der Waals surface area contributed by atoms with E-state index in [4.69, 9.17) is 10.5 Å². The Balaban J connectivity index is 1.40. The molecule has 1 amide bonds. The Morgan fingerprint density at radius 2 is 1.91 bits per heavy atom. The minimum Gasteiger partial charge on any atom is -0.491 e. The van der Waals surface area contributed by atoms with Crippen molar-refractivity contribution in [2.45, 2.75) is 25.1 Å². The van der Waals surface area contributed by atoms with Crippen LogP contribution in [-0.2, 0) is 6.18 Å². The number of hydrogen-bond donors (Lipinski definition) is 1. The molecule has 6 nitrogen and oxygen atoms in total. The fourth-order valence-electron chi connectivity index (χ4n) is 4.73. The van der Waals surface area contributed by atoms with Crippen molar-refractivity contribution in [1.82, 2.24) is 14.9 Å². The summed E-state index contributed by atoms with van der Waals surface area (Å²) in [6.45, 7) is 0.640. The van der Waals surface area contributed by atoms with Crippen LogP contribution in [0.25, 0.3) is 21.7 Å². The highest BCUT2D eigenvalue weighted by molar-refractivity contribution is 6.11. The lowest BCUT2D eigenvalue weighted by atomic mass is 10.0. The number of fused-ring (bicyclic) bond motifs is 4. The molecule has 0 saturated heterocycles. The highest BCUT2D eigenvalue weighted by atomic mass is 19.4. The Hall–Kier alpha value is -3.88. The molecule has 1 fully saturated rings. The van der Waals surface area contributed by atoms with Crippen LogP contribution in [0.2, 0.25) is 0 Å². The summed E-state index contributed by atoms with van der Waals surface area (Å²) in [7, 11) is 0. The van der Waals surface area contributed by atoms with Crippen LogP contribution in [-0.4, -0.2) is 33.9 Å². The van der Waals surface area contributed by atoms with Crippen molar-refractivity contribution >= 4 is 33.4 Å². The lowest BCUT2D eigenvalue weighted by Gasteiger charge is -2.29. The predicted octanol–water partition coefficient (Wildman–Crippen LogP) is 5.37. The topological polar surface area (TPSA) is 81.3 Å². The van der Waals surface area contributed by atoms with Crippen LogP contribution >= 0.6 is 0 Å². The third kappa shape index (κ3) is 3.80. The molecule has 178 valence electrons. The minimum atomic E-state index is -4.46. The number of nitrogen functional groups attached to an aromatic ring is 1. The third-order valence-corrected chi connectivity index (χ3v) is 6.76. The number of aromatic nitrogens is 2. The first kappa shape index (κ1) is 21.6. The summed E-state index contributed by atoms with van der Waals surface area (Å²) < 4.78 is 45.1. The number of nitrogens with zero attached hydrogens (tertiary/aromatic N) is 3. The molecule has 2 N–H and O–H groups in total. The van der Waals surface area contributed by atoms with Gasteiger partial charge in [0.2, 0.25) is 0 Å². The van der Waals surface area contributed by atoms with E-state index in [9.17, 15) is 18.0 Å². The molecule has 0 bridgehead atoms. The number of carbonyl (C=O) groups is 1. The van der Waals surface area contributed by atoms with Crippen molar-refractivity contribution < 1.29 is 22.7 Å². The van der Waals surface area contributed by atoms with E-state index in [1.165, 1.54) is 6.07 Å². The van der Waals surface area contributed by atoms with E-state index in [0.29, 0.717) is 34.9 Å². The summed E-state index contributed by atoms with van der Waals surface area (Å²) in [6, 6.07) is 10.1. The van der Waals surface area contributed by atoms with Crippen LogP contribution in [0.15, 0.2) is 54.9 Å². The predicted molar refractivity (Wildman–Crippen MR) is 125 cm³/mol. The van der Waals surface area contributed by atoms with Gasteiger partial charge in [-0.05, 0) is 55.2 Å². The normalized spacial score (nSPS) is 17.4. The van der Waals surface area contributed by atoms with Gasteiger partial charge in [0, 0.05) is 46.2 Å². The lowest BCUT2D eigenvalue weighted by Crippen LogP contribution is -2.37. The van der Waals surface area contributed by atoms with Gasteiger partial charge in [0.05, 0.1) is 17.1 Å². The van der Waals surface area contributed by atoms with Crippen LogP contribution in [0, 0.1) is 5.92 Å². The quantitative estimate of drug-likeness (QED) is 0.399. The van der Waals surface area contributed by atoms with Crippen molar-refractivity contribution in [2.24, 2.45) is 5.92 Å². The molecule has 6 rings (SSSR count). The Morgan fingerprint density at radius 1 is 1.09 bits per heavy atom. The second-order valence-corrected chi connectivity index (χ2v) is 9.13. The first-order chi connectivity index (χ1) is 16.8. The largest absolute Gasteiger partial charge is 0.491 e. The van der Waals surface area contributed by atoms with E-state index in [-0.39, 0.29) is 18.3 Å². The van der Waals surface area contributed by atoms with Crippen LogP contribution in [0.3, 0.4) is 0 Å². The maximum atomic E-state index is 13.8. The van der Waals surface area contributed by atoms with E-state index in [0.717, 1.165) is 41.1 Å². The van der Waals surface area contributed by atoms with Gasteiger partial charge in [-0.15, -0.1) is 0 Å². The fourth-order valence-corrected chi connectivity index (χ4v) is 4.73. The first-order valence-corrected chi connectivity index (χ1v) is 11.4. The number of ether oxygens (including phenoxy) is 1. The number of carbonyl (C=O) groups excluding carboxylic acids is 1. The number of rotatable bonds is 4. The van der Waals surface area contributed by atoms with Gasteiger partial charge in [0.25, 0.3) is 5.91 Å². The number of anilines is 1. The van der Waals surface area contributed by atoms with E-state index < -0.39 is 17.8 Å². The SMILES string of the molecule is Nc1nc2ccc(C(=O)N(CC3CC3)[C@@H]3COc4cc(C(F)(F)F)ccc43)cc2c2cnccc12. The van der Waals surface area contributed by atoms with Crippen molar-refractivity contribution in [2.75, 3.05) is 18.9 Å². The smallest absolute Gasteiger partial charge is 0.416 e. The van der Waals surface area contributed by atoms with Gasteiger partial charge >= 0.3 is 6.18 Å². The van der Waals surface area contributed by atoms with Gasteiger partial charge in [0.1, 0.15) is 18.2 Å². The zero-order valence-corrected chi connectivity index (χ0v) is 18.5. The van der Waals surface area contributed by atoms with Crippen molar-refractivity contribution in [3.63, 3.8) is 0 Å². The molecular formula is C26H21F3N4O2. The second-order valence-electron chi connectivity index (χ2n) is 9.13. The van der Waals surface area contributed by atoms with E-state index in [1.807, 2.05) is 0 Å². The number of hydrogen-bond acceptors (Lipinski definition) is 5. The fraction of sp³-hybridized carbons (Fsp3) is 0.269. The molecule has 3 heterocycles. The monoisotopic (exact) mass is 478 g/mol. The van der Waals surface area contributed by atoms with Crippen LogP contribution in [0.1, 0.15) is 40.4 Å². The summed E-state index contributed by atoms with van der Waals surface area (Å²) in [5.41, 5.74) is 7.05. The Labute approximate surface area is 198 Å². The van der Waals surface area contributed by atoms with Gasteiger partial charge < -0.3 is 15.4 Å². The molecule has 2 aliphatic rings. The molecule has 0 spiro atoms. The molecule has 1 aliphatic carbocycles. The van der Waals surface area contributed by atoms with Gasteiger partial charge in [-0.2, -0.15) is 13.2 Å². The van der Waals surface area contributed by atoms with Gasteiger partial charge in [-0.3, -0.25) is 9.78 Å². The zero-order chi connectivity index (χ0) is 24.3. The van der Waals surface area contributed by atoms with Crippen molar-refractivity contribution in [3.8, 4) is 5.75 Å². The number of benzene rings is 2. The summed E-state index contributed by atoms with van der Waals surface area (Å²) in [5.74, 6) is 0.745. The average molecular weight is 478 g/mol. The molecule has 1 aliphatic heterocycles. The highest BCUT2D eigenvalue weighted by Gasteiger charge is 2.39. The number of halogens is 3. The van der Waals surface area contributed by atoms with Crippen molar-refractivity contribution in [1.29, 1.82) is 0 Å². The molecule has 1 atom stereocenters. The van der Waals surface area contributed by atoms with Crippen LogP contribution in [0.4, 0.5) is 19.0 Å². The van der Waals surface area contributed by atoms with Gasteiger partial charge in [-0.25, -0.2) is 4.98 Å². The molecule has 9 heteroatoms. The maximum Gasteiger partial charge on any atom is 0.416 e. The van der Waals surface area contributed by atoms with Gasteiger partial charge in [-0.1, -0.05) is 6.07 Å². The second kappa shape index (κ2) is 7.83.